The molecular weight excluding hydrogens is 472 g/mol. The first-order valence-electron chi connectivity index (χ1n) is 11.4. The number of halogens is 1. The molecule has 0 saturated carbocycles. The maximum Gasteiger partial charge on any atom is 0.394 e. The Morgan fingerprint density at radius 1 is 1.17 bits per heavy atom. The van der Waals surface area contributed by atoms with Crippen molar-refractivity contribution < 1.29 is 29.0 Å². The normalized spacial score (nSPS) is 17.4. The molecule has 0 aromatic heterocycles. The van der Waals surface area contributed by atoms with Crippen LogP contribution in [0.3, 0.4) is 0 Å². The number of carbonyl (C=O) groups is 3. The summed E-state index contributed by atoms with van der Waals surface area (Å²) in [6.07, 6.45) is -0.274. The van der Waals surface area contributed by atoms with Gasteiger partial charge in [0.25, 0.3) is 0 Å². The molecule has 1 aliphatic rings. The molecule has 188 valence electrons. The van der Waals surface area contributed by atoms with Crippen LogP contribution in [0.15, 0.2) is 42.5 Å². The highest BCUT2D eigenvalue weighted by Crippen LogP contribution is 2.40. The van der Waals surface area contributed by atoms with Gasteiger partial charge in [0.05, 0.1) is 7.11 Å². The van der Waals surface area contributed by atoms with Gasteiger partial charge >= 0.3 is 11.9 Å². The largest absolute Gasteiger partial charge is 0.496 e. The Labute approximate surface area is 210 Å². The summed E-state index contributed by atoms with van der Waals surface area (Å²) < 4.78 is 11.9. The number of carboxylic acids is 1. The zero-order chi connectivity index (χ0) is 25.8. The van der Waals surface area contributed by atoms with Gasteiger partial charge in [0.2, 0.25) is 5.91 Å². The van der Waals surface area contributed by atoms with E-state index in [1.807, 2.05) is 45.0 Å². The Morgan fingerprint density at radius 2 is 1.89 bits per heavy atom. The summed E-state index contributed by atoms with van der Waals surface area (Å²) in [7, 11) is 1.58. The zero-order valence-electron chi connectivity index (χ0n) is 20.4. The molecule has 0 saturated heterocycles. The highest BCUT2D eigenvalue weighted by Gasteiger charge is 2.32. The molecule has 1 atom stereocenters. The summed E-state index contributed by atoms with van der Waals surface area (Å²) in [5.41, 5.74) is 1.72. The van der Waals surface area contributed by atoms with E-state index in [4.69, 9.17) is 21.1 Å². The Morgan fingerprint density at radius 3 is 2.54 bits per heavy atom. The van der Waals surface area contributed by atoms with Gasteiger partial charge < -0.3 is 24.4 Å². The fourth-order valence-corrected chi connectivity index (χ4v) is 4.27. The number of amides is 2. The lowest BCUT2D eigenvalue weighted by Crippen LogP contribution is -2.47. The van der Waals surface area contributed by atoms with Crippen molar-refractivity contribution in [2.45, 2.75) is 33.3 Å². The van der Waals surface area contributed by atoms with E-state index >= 15 is 0 Å². The van der Waals surface area contributed by atoms with E-state index in [-0.39, 0.29) is 25.1 Å². The molecule has 0 aliphatic carbocycles. The summed E-state index contributed by atoms with van der Waals surface area (Å²) in [5, 5.41) is 9.76. The van der Waals surface area contributed by atoms with E-state index in [0.717, 1.165) is 10.5 Å². The second-order valence-electron chi connectivity index (χ2n) is 9.62. The molecule has 35 heavy (non-hydrogen) atoms. The number of aliphatic carboxylic acids is 1. The molecule has 2 aromatic carbocycles. The van der Waals surface area contributed by atoms with Crippen molar-refractivity contribution in [3.63, 3.8) is 0 Å². The SMILES string of the molecule is COc1ccccc1C1OCCCN(C(=O)C(=O)O)CC(=O)N(CC(C)(C)C)c2ccc(Cl)cc21. The van der Waals surface area contributed by atoms with Crippen LogP contribution in [-0.2, 0) is 19.1 Å². The van der Waals surface area contributed by atoms with Crippen molar-refractivity contribution in [3.05, 3.63) is 58.6 Å². The predicted molar refractivity (Wildman–Crippen MR) is 133 cm³/mol. The van der Waals surface area contributed by atoms with Crippen LogP contribution >= 0.6 is 11.6 Å². The molecule has 8 nitrogen and oxygen atoms in total. The number of carbonyl (C=O) groups excluding carboxylic acids is 2. The average molecular weight is 503 g/mol. The summed E-state index contributed by atoms with van der Waals surface area (Å²) in [5.74, 6) is -2.49. The maximum atomic E-state index is 13.6. The van der Waals surface area contributed by atoms with Crippen molar-refractivity contribution >= 4 is 35.1 Å². The highest BCUT2D eigenvalue weighted by atomic mass is 35.5. The predicted octanol–water partition coefficient (Wildman–Crippen LogP) is 4.15. The minimum Gasteiger partial charge on any atom is -0.496 e. The third-order valence-electron chi connectivity index (χ3n) is 5.57. The molecular formula is C26H31ClN2O6. The first kappa shape index (κ1) is 26.5. The number of hydrogen-bond acceptors (Lipinski definition) is 5. The van der Waals surface area contributed by atoms with E-state index in [9.17, 15) is 19.5 Å². The maximum absolute atomic E-state index is 13.6. The smallest absolute Gasteiger partial charge is 0.394 e. The summed E-state index contributed by atoms with van der Waals surface area (Å²) in [4.78, 5) is 40.0. The van der Waals surface area contributed by atoms with Gasteiger partial charge in [-0.15, -0.1) is 0 Å². The minimum atomic E-state index is -1.60. The number of para-hydroxylation sites is 1. The molecule has 1 heterocycles. The van der Waals surface area contributed by atoms with Gasteiger partial charge in [-0.25, -0.2) is 4.79 Å². The Hall–Kier alpha value is -3.10. The number of methoxy groups -OCH3 is 1. The van der Waals surface area contributed by atoms with E-state index < -0.39 is 23.9 Å². The zero-order valence-corrected chi connectivity index (χ0v) is 21.2. The topological polar surface area (TPSA) is 96.4 Å². The molecule has 0 radical (unpaired) electrons. The van der Waals surface area contributed by atoms with Gasteiger partial charge in [-0.3, -0.25) is 9.59 Å². The number of carboxylic acid groups (broad SMARTS) is 1. The molecule has 9 heteroatoms. The number of rotatable bonds is 3. The standard InChI is InChI=1S/C26H31ClN2O6/c1-26(2,3)16-29-20-11-10-17(27)14-19(20)23(18-8-5-6-9-21(18)34-4)35-13-7-12-28(15-22(29)30)24(31)25(32)33/h5-6,8-11,14,23H,7,12-13,15-16H2,1-4H3,(H,32,33). The molecule has 0 fully saturated rings. The Kier molecular flexibility index (Phi) is 8.40. The van der Waals surface area contributed by atoms with Gasteiger partial charge in [-0.2, -0.15) is 0 Å². The Bertz CT molecular complexity index is 1100. The molecule has 0 bridgehead atoms. The van der Waals surface area contributed by atoms with Crippen LogP contribution in [0.1, 0.15) is 44.4 Å². The van der Waals surface area contributed by atoms with Gasteiger partial charge in [0, 0.05) is 41.5 Å². The first-order valence-corrected chi connectivity index (χ1v) is 11.8. The summed E-state index contributed by atoms with van der Waals surface area (Å²) in [6, 6.07) is 12.7. The lowest BCUT2D eigenvalue weighted by atomic mass is 9.93. The summed E-state index contributed by atoms with van der Waals surface area (Å²) >= 11 is 6.41. The molecule has 3 rings (SSSR count). The van der Waals surface area contributed by atoms with Crippen LogP contribution in [-0.4, -0.2) is 61.1 Å². The fraction of sp³-hybridized carbons (Fsp3) is 0.423. The lowest BCUT2D eigenvalue weighted by molar-refractivity contribution is -0.156. The lowest BCUT2D eigenvalue weighted by Gasteiger charge is -2.34. The average Bonchev–Trinajstić information content (AvgIpc) is 2.82. The van der Waals surface area contributed by atoms with E-state index in [2.05, 4.69) is 0 Å². The van der Waals surface area contributed by atoms with E-state index in [1.165, 1.54) is 0 Å². The quantitative estimate of drug-likeness (QED) is 0.633. The van der Waals surface area contributed by atoms with Crippen LogP contribution in [0.2, 0.25) is 5.02 Å². The van der Waals surface area contributed by atoms with Crippen molar-refractivity contribution in [3.8, 4) is 5.75 Å². The third-order valence-corrected chi connectivity index (χ3v) is 5.81. The highest BCUT2D eigenvalue weighted by molar-refractivity contribution is 6.32. The number of ether oxygens (including phenoxy) is 2. The first-order chi connectivity index (χ1) is 16.5. The summed E-state index contributed by atoms with van der Waals surface area (Å²) in [6.45, 7) is 6.23. The molecule has 1 N–H and O–H groups in total. The number of benzene rings is 2. The third kappa shape index (κ3) is 6.52. The van der Waals surface area contributed by atoms with Crippen molar-refractivity contribution in [1.82, 2.24) is 4.90 Å². The van der Waals surface area contributed by atoms with Gasteiger partial charge in [-0.05, 0) is 36.1 Å². The second-order valence-corrected chi connectivity index (χ2v) is 10.1. The van der Waals surface area contributed by atoms with E-state index in [1.54, 1.807) is 30.2 Å². The van der Waals surface area contributed by atoms with Crippen LogP contribution in [0, 0.1) is 5.41 Å². The Balaban J connectivity index is 2.20. The number of anilines is 1. The molecule has 2 aromatic rings. The van der Waals surface area contributed by atoms with E-state index in [0.29, 0.717) is 35.0 Å². The van der Waals surface area contributed by atoms with Crippen molar-refractivity contribution in [2.75, 3.05) is 38.3 Å². The number of hydrogen-bond donors (Lipinski definition) is 1. The second kappa shape index (κ2) is 11.1. The van der Waals surface area contributed by atoms with Crippen LogP contribution in [0.25, 0.3) is 0 Å². The number of nitrogens with zero attached hydrogens (tertiary/aromatic N) is 2. The fourth-order valence-electron chi connectivity index (χ4n) is 4.09. The number of fused-ring (bicyclic) bond motifs is 1. The van der Waals surface area contributed by atoms with Crippen LogP contribution in [0.4, 0.5) is 5.69 Å². The van der Waals surface area contributed by atoms with Crippen LogP contribution in [0.5, 0.6) is 5.75 Å². The van der Waals surface area contributed by atoms with Crippen LogP contribution < -0.4 is 9.64 Å². The van der Waals surface area contributed by atoms with Gasteiger partial charge in [0.1, 0.15) is 18.4 Å². The molecule has 1 aliphatic heterocycles. The van der Waals surface area contributed by atoms with Crippen molar-refractivity contribution in [2.24, 2.45) is 5.41 Å². The van der Waals surface area contributed by atoms with Gasteiger partial charge in [0.15, 0.2) is 0 Å². The van der Waals surface area contributed by atoms with Gasteiger partial charge in [-0.1, -0.05) is 50.6 Å². The molecule has 0 spiro atoms. The molecule has 1 unspecified atom stereocenters. The van der Waals surface area contributed by atoms with Crippen molar-refractivity contribution in [1.29, 1.82) is 0 Å². The minimum absolute atomic E-state index is 0.0655. The monoisotopic (exact) mass is 502 g/mol. The molecule has 2 amide bonds.